The predicted molar refractivity (Wildman–Crippen MR) is 73.3 cm³/mol. The molecular formula is C14H11N5. The van der Waals surface area contributed by atoms with E-state index >= 15 is 0 Å². The number of H-pyrrole nitrogens is 1. The van der Waals surface area contributed by atoms with Gasteiger partial charge in [-0.05, 0) is 36.8 Å². The smallest absolute Gasteiger partial charge is 0.114 e. The summed E-state index contributed by atoms with van der Waals surface area (Å²) in [5.41, 5.74) is 5.89. The van der Waals surface area contributed by atoms with E-state index in [-0.39, 0.29) is 0 Å². The van der Waals surface area contributed by atoms with Crippen molar-refractivity contribution < 1.29 is 0 Å². The molecular weight excluding hydrogens is 238 g/mol. The Labute approximate surface area is 108 Å². The first-order valence-electron chi connectivity index (χ1n) is 6.07. The minimum Gasteiger partial charge on any atom is -0.345 e. The van der Waals surface area contributed by atoms with Gasteiger partial charge in [0.05, 0.1) is 23.0 Å². The summed E-state index contributed by atoms with van der Waals surface area (Å²) in [5.74, 6) is 0. The summed E-state index contributed by atoms with van der Waals surface area (Å²) in [4.78, 5) is 7.52. The zero-order valence-corrected chi connectivity index (χ0v) is 10.3. The maximum absolute atomic E-state index is 4.38. The minimum atomic E-state index is 0.882. The number of aryl methyl sites for hydroxylation is 1. The number of rotatable bonds is 1. The Balaban J connectivity index is 2.11. The normalized spacial score (nSPS) is 11.4. The zero-order chi connectivity index (χ0) is 12.8. The summed E-state index contributed by atoms with van der Waals surface area (Å²) in [6, 6.07) is 12.1. The van der Waals surface area contributed by atoms with Gasteiger partial charge >= 0.3 is 0 Å². The lowest BCUT2D eigenvalue weighted by Crippen LogP contribution is -1.98. The summed E-state index contributed by atoms with van der Waals surface area (Å²) >= 11 is 0. The van der Waals surface area contributed by atoms with Gasteiger partial charge in [-0.15, -0.1) is 5.10 Å². The molecule has 0 bridgehead atoms. The van der Waals surface area contributed by atoms with Crippen molar-refractivity contribution in [3.63, 3.8) is 0 Å². The van der Waals surface area contributed by atoms with Crippen molar-refractivity contribution in [2.45, 2.75) is 6.92 Å². The molecule has 92 valence electrons. The van der Waals surface area contributed by atoms with Gasteiger partial charge in [-0.25, -0.2) is 9.67 Å². The molecule has 0 aliphatic carbocycles. The van der Waals surface area contributed by atoms with Gasteiger partial charge < -0.3 is 4.98 Å². The van der Waals surface area contributed by atoms with E-state index in [1.54, 1.807) is 6.33 Å². The van der Waals surface area contributed by atoms with Crippen molar-refractivity contribution >= 4 is 22.1 Å². The Bertz CT molecular complexity index is 887. The van der Waals surface area contributed by atoms with E-state index in [2.05, 4.69) is 39.3 Å². The standard InChI is InChI=1S/C14H11N5/c1-9-6-11-14(16-8-15-11)13(7-9)19-12-5-3-2-4-10(12)17-18-19/h2-8H,1H3,(H,15,16). The first-order valence-corrected chi connectivity index (χ1v) is 6.07. The number of imidazole rings is 1. The molecule has 1 N–H and O–H groups in total. The van der Waals surface area contributed by atoms with Gasteiger partial charge in [0, 0.05) is 0 Å². The monoisotopic (exact) mass is 249 g/mol. The fraction of sp³-hybridized carbons (Fsp3) is 0.0714. The third-order valence-corrected chi connectivity index (χ3v) is 3.23. The van der Waals surface area contributed by atoms with Gasteiger partial charge in [0.15, 0.2) is 0 Å². The van der Waals surface area contributed by atoms with Gasteiger partial charge in [-0.1, -0.05) is 17.3 Å². The van der Waals surface area contributed by atoms with Crippen LogP contribution in [0.5, 0.6) is 0 Å². The number of nitrogens with zero attached hydrogens (tertiary/aromatic N) is 4. The van der Waals surface area contributed by atoms with Crippen LogP contribution in [0.3, 0.4) is 0 Å². The SMILES string of the molecule is Cc1cc(-n2nnc3ccccc32)c2nc[nH]c2c1. The molecule has 0 aliphatic heterocycles. The summed E-state index contributed by atoms with van der Waals surface area (Å²) in [6.45, 7) is 2.06. The number of para-hydroxylation sites is 1. The van der Waals surface area contributed by atoms with Gasteiger partial charge in [0.1, 0.15) is 11.0 Å². The largest absolute Gasteiger partial charge is 0.345 e. The molecule has 0 aliphatic rings. The van der Waals surface area contributed by atoms with Crippen LogP contribution in [0.2, 0.25) is 0 Å². The molecule has 0 radical (unpaired) electrons. The molecule has 0 atom stereocenters. The van der Waals surface area contributed by atoms with E-state index in [4.69, 9.17) is 0 Å². The summed E-state index contributed by atoms with van der Waals surface area (Å²) in [6.07, 6.45) is 1.70. The van der Waals surface area contributed by atoms with Gasteiger partial charge in [0.25, 0.3) is 0 Å². The van der Waals surface area contributed by atoms with Gasteiger partial charge in [-0.2, -0.15) is 0 Å². The molecule has 0 saturated heterocycles. The average molecular weight is 249 g/mol. The third kappa shape index (κ3) is 1.45. The van der Waals surface area contributed by atoms with E-state index in [0.29, 0.717) is 0 Å². The Hall–Kier alpha value is -2.69. The molecule has 4 rings (SSSR count). The minimum absolute atomic E-state index is 0.882. The number of aromatic amines is 1. The highest BCUT2D eigenvalue weighted by molar-refractivity contribution is 5.87. The lowest BCUT2D eigenvalue weighted by Gasteiger charge is -2.04. The number of nitrogens with one attached hydrogen (secondary N) is 1. The first kappa shape index (κ1) is 10.3. The summed E-state index contributed by atoms with van der Waals surface area (Å²) in [5, 5.41) is 8.44. The molecule has 5 heteroatoms. The van der Waals surface area contributed by atoms with Crippen LogP contribution in [0.4, 0.5) is 0 Å². The Kier molecular flexibility index (Phi) is 1.97. The number of hydrogen-bond acceptors (Lipinski definition) is 3. The average Bonchev–Trinajstić information content (AvgIpc) is 3.03. The molecule has 2 aromatic heterocycles. The van der Waals surface area contributed by atoms with Crippen molar-refractivity contribution in [2.24, 2.45) is 0 Å². The van der Waals surface area contributed by atoms with Crippen molar-refractivity contribution in [1.29, 1.82) is 0 Å². The molecule has 19 heavy (non-hydrogen) atoms. The van der Waals surface area contributed by atoms with Gasteiger partial charge in [0.2, 0.25) is 0 Å². The number of hydrogen-bond donors (Lipinski definition) is 1. The van der Waals surface area contributed by atoms with Crippen LogP contribution in [-0.2, 0) is 0 Å². The lowest BCUT2D eigenvalue weighted by molar-refractivity contribution is 0.827. The number of fused-ring (bicyclic) bond motifs is 2. The van der Waals surface area contributed by atoms with Crippen molar-refractivity contribution in [3.05, 3.63) is 48.3 Å². The summed E-state index contributed by atoms with van der Waals surface area (Å²) < 4.78 is 1.84. The third-order valence-electron chi connectivity index (χ3n) is 3.23. The summed E-state index contributed by atoms with van der Waals surface area (Å²) in [7, 11) is 0. The number of benzene rings is 2. The van der Waals surface area contributed by atoms with E-state index in [1.165, 1.54) is 0 Å². The molecule has 2 heterocycles. The molecule has 0 unspecified atom stereocenters. The zero-order valence-electron chi connectivity index (χ0n) is 10.3. The second-order valence-electron chi connectivity index (χ2n) is 4.57. The highest BCUT2D eigenvalue weighted by Crippen LogP contribution is 2.23. The molecule has 5 nitrogen and oxygen atoms in total. The quantitative estimate of drug-likeness (QED) is 0.564. The Morgan fingerprint density at radius 2 is 2.05 bits per heavy atom. The Morgan fingerprint density at radius 3 is 3.00 bits per heavy atom. The van der Waals surface area contributed by atoms with Crippen molar-refractivity contribution in [3.8, 4) is 5.69 Å². The Morgan fingerprint density at radius 1 is 1.16 bits per heavy atom. The highest BCUT2D eigenvalue weighted by atomic mass is 15.4. The second-order valence-corrected chi connectivity index (χ2v) is 4.57. The van der Waals surface area contributed by atoms with Crippen molar-refractivity contribution in [2.75, 3.05) is 0 Å². The maximum atomic E-state index is 4.38. The van der Waals surface area contributed by atoms with E-state index in [9.17, 15) is 0 Å². The molecule has 4 aromatic rings. The van der Waals surface area contributed by atoms with Crippen LogP contribution in [0, 0.1) is 6.92 Å². The van der Waals surface area contributed by atoms with Crippen LogP contribution < -0.4 is 0 Å². The molecule has 0 spiro atoms. The van der Waals surface area contributed by atoms with Crippen molar-refractivity contribution in [1.82, 2.24) is 25.0 Å². The lowest BCUT2D eigenvalue weighted by atomic mass is 10.2. The predicted octanol–water partition coefficient (Wildman–Crippen LogP) is 2.61. The number of aromatic nitrogens is 5. The van der Waals surface area contributed by atoms with Gasteiger partial charge in [-0.3, -0.25) is 0 Å². The second kappa shape index (κ2) is 3.65. The van der Waals surface area contributed by atoms with E-state index in [0.717, 1.165) is 33.3 Å². The van der Waals surface area contributed by atoms with Crippen LogP contribution in [0.25, 0.3) is 27.8 Å². The van der Waals surface area contributed by atoms with Crippen LogP contribution in [-0.4, -0.2) is 25.0 Å². The molecule has 0 saturated carbocycles. The fourth-order valence-electron chi connectivity index (χ4n) is 2.38. The van der Waals surface area contributed by atoms with Crippen LogP contribution >= 0.6 is 0 Å². The maximum Gasteiger partial charge on any atom is 0.114 e. The molecule has 2 aromatic carbocycles. The topological polar surface area (TPSA) is 59.4 Å². The molecule has 0 amide bonds. The molecule has 0 fully saturated rings. The van der Waals surface area contributed by atoms with Crippen LogP contribution in [0.1, 0.15) is 5.56 Å². The first-order chi connectivity index (χ1) is 9.33. The van der Waals surface area contributed by atoms with E-state index < -0.39 is 0 Å². The van der Waals surface area contributed by atoms with E-state index in [1.807, 2.05) is 28.9 Å². The van der Waals surface area contributed by atoms with Crippen LogP contribution in [0.15, 0.2) is 42.7 Å². The fourth-order valence-corrected chi connectivity index (χ4v) is 2.38. The highest BCUT2D eigenvalue weighted by Gasteiger charge is 2.11.